The molecule has 1 saturated heterocycles. The molecule has 2 heteroatoms. The number of hydrogen-bond donors (Lipinski definition) is 0. The average Bonchev–Trinajstić information content (AvgIpc) is 2.59. The molecule has 0 unspecified atom stereocenters. The third-order valence-electron chi connectivity index (χ3n) is 3.44. The molecule has 1 saturated carbocycles. The van der Waals surface area contributed by atoms with E-state index in [0.29, 0.717) is 11.8 Å². The number of ether oxygens (including phenoxy) is 2. The van der Waals surface area contributed by atoms with Crippen LogP contribution in [0.5, 0.6) is 0 Å². The predicted octanol–water partition coefficient (Wildman–Crippen LogP) is 1.72. The summed E-state index contributed by atoms with van der Waals surface area (Å²) >= 11 is 0. The van der Waals surface area contributed by atoms with E-state index in [0.717, 1.165) is 19.6 Å². The summed E-state index contributed by atoms with van der Waals surface area (Å²) in [4.78, 5) is 0. The molecule has 2 nitrogen and oxygen atoms in total. The summed E-state index contributed by atoms with van der Waals surface area (Å²) in [7, 11) is 0. The molecule has 1 spiro atoms. The molecule has 0 aromatic carbocycles. The van der Waals surface area contributed by atoms with Crippen LogP contribution in [0.4, 0.5) is 0 Å². The highest BCUT2D eigenvalue weighted by molar-refractivity contribution is 5.11. The molecule has 66 valence electrons. The van der Waals surface area contributed by atoms with Crippen molar-refractivity contribution in [1.82, 2.24) is 0 Å². The minimum atomic E-state index is -0.186. The van der Waals surface area contributed by atoms with Crippen molar-refractivity contribution in [2.75, 3.05) is 13.2 Å². The number of allylic oxidation sites excluding steroid dienone is 1. The Balaban J connectivity index is 1.99. The molecule has 0 amide bonds. The Hall–Kier alpha value is -0.340. The minimum Gasteiger partial charge on any atom is -0.347 e. The van der Waals surface area contributed by atoms with E-state index < -0.39 is 0 Å². The first kappa shape index (κ1) is 7.10. The van der Waals surface area contributed by atoms with Crippen LogP contribution in [0.25, 0.3) is 0 Å². The van der Waals surface area contributed by atoms with Crippen molar-refractivity contribution in [3.05, 3.63) is 12.2 Å². The van der Waals surface area contributed by atoms with Crippen LogP contribution in [0.15, 0.2) is 12.2 Å². The fourth-order valence-corrected chi connectivity index (χ4v) is 2.90. The van der Waals surface area contributed by atoms with Gasteiger partial charge in [-0.15, -0.1) is 0 Å². The molecule has 12 heavy (non-hydrogen) atoms. The summed E-state index contributed by atoms with van der Waals surface area (Å²) in [5, 5.41) is 0. The molecular formula is C10H14O2. The maximum Gasteiger partial charge on any atom is 0.177 e. The maximum atomic E-state index is 5.79. The van der Waals surface area contributed by atoms with Gasteiger partial charge in [0.15, 0.2) is 5.79 Å². The molecule has 2 atom stereocenters. The normalized spacial score (nSPS) is 42.7. The lowest BCUT2D eigenvalue weighted by Crippen LogP contribution is -2.41. The largest absolute Gasteiger partial charge is 0.347 e. The van der Waals surface area contributed by atoms with Crippen LogP contribution in [0.1, 0.15) is 19.3 Å². The van der Waals surface area contributed by atoms with Crippen molar-refractivity contribution in [3.8, 4) is 0 Å². The van der Waals surface area contributed by atoms with E-state index in [1.54, 1.807) is 0 Å². The lowest BCUT2D eigenvalue weighted by Gasteiger charge is -2.35. The summed E-state index contributed by atoms with van der Waals surface area (Å²) in [6, 6.07) is 0. The van der Waals surface area contributed by atoms with Gasteiger partial charge < -0.3 is 9.47 Å². The van der Waals surface area contributed by atoms with Crippen LogP contribution in [-0.4, -0.2) is 19.0 Å². The van der Waals surface area contributed by atoms with Crippen molar-refractivity contribution >= 4 is 0 Å². The molecule has 1 aliphatic heterocycles. The Morgan fingerprint density at radius 3 is 2.75 bits per heavy atom. The highest BCUT2D eigenvalue weighted by Gasteiger charge is 2.54. The van der Waals surface area contributed by atoms with E-state index in [9.17, 15) is 0 Å². The maximum absolute atomic E-state index is 5.79. The van der Waals surface area contributed by atoms with Gasteiger partial charge in [0.1, 0.15) is 0 Å². The number of rotatable bonds is 0. The van der Waals surface area contributed by atoms with Crippen LogP contribution in [0.3, 0.4) is 0 Å². The number of hydrogen-bond acceptors (Lipinski definition) is 2. The van der Waals surface area contributed by atoms with Crippen molar-refractivity contribution in [2.45, 2.75) is 25.0 Å². The topological polar surface area (TPSA) is 18.5 Å². The van der Waals surface area contributed by atoms with Gasteiger partial charge in [-0.05, 0) is 19.3 Å². The van der Waals surface area contributed by atoms with Crippen molar-refractivity contribution in [2.24, 2.45) is 11.8 Å². The monoisotopic (exact) mass is 166 g/mol. The second kappa shape index (κ2) is 2.33. The zero-order chi connectivity index (χ0) is 8.02. The van der Waals surface area contributed by atoms with Crippen molar-refractivity contribution in [3.63, 3.8) is 0 Å². The Kier molecular flexibility index (Phi) is 1.38. The first-order chi connectivity index (χ1) is 5.92. The van der Waals surface area contributed by atoms with E-state index in [4.69, 9.17) is 9.47 Å². The molecule has 2 fully saturated rings. The summed E-state index contributed by atoms with van der Waals surface area (Å²) in [6.45, 7) is 1.58. The van der Waals surface area contributed by atoms with Gasteiger partial charge in [-0.3, -0.25) is 0 Å². The Labute approximate surface area is 72.5 Å². The van der Waals surface area contributed by atoms with Gasteiger partial charge in [-0.2, -0.15) is 0 Å². The molecule has 2 bridgehead atoms. The first-order valence-corrected chi connectivity index (χ1v) is 4.86. The quantitative estimate of drug-likeness (QED) is 0.510. The molecular weight excluding hydrogens is 152 g/mol. The van der Waals surface area contributed by atoms with Gasteiger partial charge in [0.05, 0.1) is 13.2 Å². The molecule has 2 aliphatic carbocycles. The third-order valence-corrected chi connectivity index (χ3v) is 3.44. The fraction of sp³-hybridized carbons (Fsp3) is 0.800. The van der Waals surface area contributed by atoms with E-state index in [2.05, 4.69) is 12.2 Å². The molecule has 3 rings (SSSR count). The Bertz CT molecular complexity index is 216. The molecule has 3 aliphatic rings. The molecule has 0 radical (unpaired) electrons. The van der Waals surface area contributed by atoms with Crippen molar-refractivity contribution in [1.29, 1.82) is 0 Å². The van der Waals surface area contributed by atoms with Gasteiger partial charge in [0.25, 0.3) is 0 Å². The third kappa shape index (κ3) is 0.723. The van der Waals surface area contributed by atoms with Crippen LogP contribution in [0.2, 0.25) is 0 Å². The second-order valence-corrected chi connectivity index (χ2v) is 3.96. The van der Waals surface area contributed by atoms with Crippen LogP contribution in [0, 0.1) is 11.8 Å². The summed E-state index contributed by atoms with van der Waals surface area (Å²) in [5.74, 6) is 0.989. The summed E-state index contributed by atoms with van der Waals surface area (Å²) in [5.41, 5.74) is 0. The highest BCUT2D eigenvalue weighted by atomic mass is 16.7. The van der Waals surface area contributed by atoms with Gasteiger partial charge in [-0.25, -0.2) is 0 Å². The molecule has 0 aromatic rings. The summed E-state index contributed by atoms with van der Waals surface area (Å²) < 4.78 is 11.6. The lowest BCUT2D eigenvalue weighted by atomic mass is 9.88. The minimum absolute atomic E-state index is 0.186. The highest BCUT2D eigenvalue weighted by Crippen LogP contribution is 2.51. The van der Waals surface area contributed by atoms with Crippen LogP contribution < -0.4 is 0 Å². The lowest BCUT2D eigenvalue weighted by molar-refractivity contribution is -0.202. The van der Waals surface area contributed by atoms with Gasteiger partial charge in [0, 0.05) is 11.8 Å². The fourth-order valence-electron chi connectivity index (χ4n) is 2.90. The first-order valence-electron chi connectivity index (χ1n) is 4.86. The molecule has 1 heterocycles. The van der Waals surface area contributed by atoms with E-state index in [-0.39, 0.29) is 5.79 Å². The standard InChI is InChI=1S/C10H14O2/c1-2-8-4-5-9(3-1)10(8)11-6-7-12-10/h1-2,8-9H,3-7H2/t8-,9-/m0/s1. The van der Waals surface area contributed by atoms with E-state index >= 15 is 0 Å². The Morgan fingerprint density at radius 2 is 2.00 bits per heavy atom. The van der Waals surface area contributed by atoms with E-state index in [1.165, 1.54) is 12.8 Å². The SMILES string of the molecule is C1=C[C@H]2CC[C@H](C1)C21OCCO1. The van der Waals surface area contributed by atoms with Gasteiger partial charge in [0.2, 0.25) is 0 Å². The summed E-state index contributed by atoms with van der Waals surface area (Å²) in [6.07, 6.45) is 8.25. The molecule has 0 N–H and O–H groups in total. The van der Waals surface area contributed by atoms with E-state index in [1.807, 2.05) is 0 Å². The van der Waals surface area contributed by atoms with Gasteiger partial charge in [-0.1, -0.05) is 12.2 Å². The Morgan fingerprint density at radius 1 is 1.17 bits per heavy atom. The van der Waals surface area contributed by atoms with Gasteiger partial charge >= 0.3 is 0 Å². The predicted molar refractivity (Wildman–Crippen MR) is 44.6 cm³/mol. The average molecular weight is 166 g/mol. The zero-order valence-electron chi connectivity index (χ0n) is 7.16. The van der Waals surface area contributed by atoms with Crippen molar-refractivity contribution < 1.29 is 9.47 Å². The zero-order valence-corrected chi connectivity index (χ0v) is 7.16. The van der Waals surface area contributed by atoms with Crippen LogP contribution >= 0.6 is 0 Å². The second-order valence-electron chi connectivity index (χ2n) is 3.96. The van der Waals surface area contributed by atoms with Crippen LogP contribution in [-0.2, 0) is 9.47 Å². The smallest absolute Gasteiger partial charge is 0.177 e. The molecule has 0 aromatic heterocycles.